The Hall–Kier alpha value is -3.20. The van der Waals surface area contributed by atoms with Gasteiger partial charge in [-0.2, -0.15) is 4.98 Å². The van der Waals surface area contributed by atoms with E-state index in [1.54, 1.807) is 36.4 Å². The number of sulfonamides is 1. The van der Waals surface area contributed by atoms with Crippen molar-refractivity contribution in [1.29, 1.82) is 0 Å². The van der Waals surface area contributed by atoms with Gasteiger partial charge in [0.05, 0.1) is 4.90 Å². The molecule has 1 amide bonds. The number of fused-ring (bicyclic) bond motifs is 1. The van der Waals surface area contributed by atoms with Gasteiger partial charge in [0.1, 0.15) is 0 Å². The van der Waals surface area contributed by atoms with Gasteiger partial charge in [-0.15, -0.1) is 0 Å². The van der Waals surface area contributed by atoms with Crippen LogP contribution in [0.1, 0.15) is 37.6 Å². The summed E-state index contributed by atoms with van der Waals surface area (Å²) in [5, 5.41) is 6.67. The number of nitrogens with zero attached hydrogens (tertiary/aromatic N) is 2. The van der Waals surface area contributed by atoms with Crippen LogP contribution < -0.4 is 10.0 Å². The maximum Gasteiger partial charge on any atom is 0.261 e. The third-order valence-electron chi connectivity index (χ3n) is 4.62. The summed E-state index contributed by atoms with van der Waals surface area (Å²) in [7, 11) is -3.76. The molecule has 2 heterocycles. The van der Waals surface area contributed by atoms with Crippen molar-refractivity contribution in [2.24, 2.45) is 0 Å². The smallest absolute Gasteiger partial charge is 0.261 e. The van der Waals surface area contributed by atoms with E-state index in [2.05, 4.69) is 20.2 Å². The molecule has 0 unspecified atom stereocenters. The van der Waals surface area contributed by atoms with Crippen molar-refractivity contribution >= 4 is 27.3 Å². The molecule has 2 aromatic carbocycles. The number of aromatic nitrogens is 2. The molecule has 0 spiro atoms. The predicted octanol–water partition coefficient (Wildman–Crippen LogP) is 3.55. The van der Waals surface area contributed by atoms with Crippen molar-refractivity contribution in [3.8, 4) is 11.5 Å². The third-order valence-corrected chi connectivity index (χ3v) is 6.00. The molecule has 0 fully saturated rings. The Bertz CT molecular complexity index is 1170. The van der Waals surface area contributed by atoms with Crippen molar-refractivity contribution in [1.82, 2.24) is 10.1 Å². The standard InChI is InChI=1S/C20H20N4O4S/c1-12(2)19-22-20(28-23-19)13-3-6-15(7-4-13)24-29(26,27)16-8-9-17-14(11-16)5-10-18(25)21-17/h3-4,6-9,11-12,24H,5,10H2,1-2H3,(H,21,25). The van der Waals surface area contributed by atoms with Crippen LogP contribution in [0, 0.1) is 0 Å². The van der Waals surface area contributed by atoms with Gasteiger partial charge in [0.25, 0.3) is 15.9 Å². The van der Waals surface area contributed by atoms with Gasteiger partial charge in [0.2, 0.25) is 5.91 Å². The van der Waals surface area contributed by atoms with Gasteiger partial charge in [0.15, 0.2) is 5.82 Å². The van der Waals surface area contributed by atoms with Crippen LogP contribution >= 0.6 is 0 Å². The summed E-state index contributed by atoms with van der Waals surface area (Å²) in [6.45, 7) is 3.95. The zero-order valence-corrected chi connectivity index (χ0v) is 16.8. The van der Waals surface area contributed by atoms with Crippen LogP contribution in [0.15, 0.2) is 51.9 Å². The fourth-order valence-corrected chi connectivity index (χ4v) is 4.12. The number of aryl methyl sites for hydroxylation is 1. The lowest BCUT2D eigenvalue weighted by atomic mass is 10.0. The van der Waals surface area contributed by atoms with E-state index in [9.17, 15) is 13.2 Å². The molecule has 0 radical (unpaired) electrons. The number of nitrogens with one attached hydrogen (secondary N) is 2. The van der Waals surface area contributed by atoms with E-state index in [0.29, 0.717) is 41.5 Å². The molecule has 0 aliphatic carbocycles. The molecule has 150 valence electrons. The maximum absolute atomic E-state index is 12.7. The van der Waals surface area contributed by atoms with Crippen molar-refractivity contribution < 1.29 is 17.7 Å². The Balaban J connectivity index is 1.53. The molecular weight excluding hydrogens is 392 g/mol. The molecule has 2 N–H and O–H groups in total. The Morgan fingerprint density at radius 2 is 1.86 bits per heavy atom. The van der Waals surface area contributed by atoms with E-state index in [1.807, 2.05) is 13.8 Å². The lowest BCUT2D eigenvalue weighted by Gasteiger charge is -2.18. The van der Waals surface area contributed by atoms with Crippen LogP contribution in [0.4, 0.5) is 11.4 Å². The van der Waals surface area contributed by atoms with Gasteiger partial charge >= 0.3 is 0 Å². The predicted molar refractivity (Wildman–Crippen MR) is 108 cm³/mol. The number of carbonyl (C=O) groups is 1. The van der Waals surface area contributed by atoms with Crippen molar-refractivity contribution in [3.63, 3.8) is 0 Å². The van der Waals surface area contributed by atoms with E-state index in [1.165, 1.54) is 6.07 Å². The first kappa shape index (κ1) is 19.1. The summed E-state index contributed by atoms with van der Waals surface area (Å²) < 4.78 is 33.3. The van der Waals surface area contributed by atoms with Crippen LogP contribution in [0.25, 0.3) is 11.5 Å². The topological polar surface area (TPSA) is 114 Å². The number of amides is 1. The number of carbonyl (C=O) groups excluding carboxylic acids is 1. The van der Waals surface area contributed by atoms with Crippen LogP contribution in [0.3, 0.4) is 0 Å². The monoisotopic (exact) mass is 412 g/mol. The molecule has 0 saturated carbocycles. The lowest BCUT2D eigenvalue weighted by Crippen LogP contribution is -2.20. The number of rotatable bonds is 5. The van der Waals surface area contributed by atoms with E-state index >= 15 is 0 Å². The molecule has 9 heteroatoms. The van der Waals surface area contributed by atoms with E-state index in [-0.39, 0.29) is 16.7 Å². The summed E-state index contributed by atoms with van der Waals surface area (Å²) in [5.41, 5.74) is 2.59. The summed E-state index contributed by atoms with van der Waals surface area (Å²) in [5.74, 6) is 1.10. The molecule has 3 aromatic rings. The summed E-state index contributed by atoms with van der Waals surface area (Å²) in [6.07, 6.45) is 0.862. The number of anilines is 2. The Morgan fingerprint density at radius 1 is 1.10 bits per heavy atom. The zero-order valence-electron chi connectivity index (χ0n) is 16.0. The van der Waals surface area contributed by atoms with Gasteiger partial charge in [-0.3, -0.25) is 9.52 Å². The highest BCUT2D eigenvalue weighted by molar-refractivity contribution is 7.92. The van der Waals surface area contributed by atoms with Crippen LogP contribution in [0.2, 0.25) is 0 Å². The molecule has 0 saturated heterocycles. The highest BCUT2D eigenvalue weighted by Crippen LogP contribution is 2.27. The van der Waals surface area contributed by atoms with Crippen molar-refractivity contribution in [2.75, 3.05) is 10.0 Å². The van der Waals surface area contributed by atoms with E-state index in [4.69, 9.17) is 4.52 Å². The van der Waals surface area contributed by atoms with Crippen molar-refractivity contribution in [2.45, 2.75) is 37.5 Å². The second-order valence-corrected chi connectivity index (χ2v) is 8.84. The van der Waals surface area contributed by atoms with Crippen LogP contribution in [0.5, 0.6) is 0 Å². The minimum atomic E-state index is -3.76. The molecule has 1 aromatic heterocycles. The Labute approximate surface area is 168 Å². The normalized spacial score (nSPS) is 13.8. The molecule has 0 bridgehead atoms. The molecule has 8 nitrogen and oxygen atoms in total. The average molecular weight is 412 g/mol. The second-order valence-electron chi connectivity index (χ2n) is 7.16. The lowest BCUT2D eigenvalue weighted by molar-refractivity contribution is -0.116. The van der Waals surface area contributed by atoms with E-state index in [0.717, 1.165) is 5.56 Å². The first-order valence-corrected chi connectivity index (χ1v) is 10.7. The summed E-state index contributed by atoms with van der Waals surface area (Å²) in [4.78, 5) is 15.9. The summed E-state index contributed by atoms with van der Waals surface area (Å²) in [6, 6.07) is 11.4. The molecule has 4 rings (SSSR count). The van der Waals surface area contributed by atoms with Crippen LogP contribution in [-0.4, -0.2) is 24.5 Å². The number of hydrogen-bond acceptors (Lipinski definition) is 6. The second kappa shape index (κ2) is 7.32. The first-order chi connectivity index (χ1) is 13.8. The van der Waals surface area contributed by atoms with Gasteiger partial charge in [-0.25, -0.2) is 8.42 Å². The SMILES string of the molecule is CC(C)c1noc(-c2ccc(NS(=O)(=O)c3ccc4c(c3)CCC(=O)N4)cc2)n1. The quantitative estimate of drug-likeness (QED) is 0.662. The largest absolute Gasteiger partial charge is 0.334 e. The van der Waals surface area contributed by atoms with Gasteiger partial charge in [-0.05, 0) is 54.4 Å². The van der Waals surface area contributed by atoms with Gasteiger partial charge in [0, 0.05) is 29.3 Å². The molecule has 29 heavy (non-hydrogen) atoms. The molecular formula is C20H20N4O4S. The fourth-order valence-electron chi connectivity index (χ4n) is 3.01. The number of benzene rings is 2. The first-order valence-electron chi connectivity index (χ1n) is 9.21. The minimum Gasteiger partial charge on any atom is -0.334 e. The molecule has 1 aliphatic rings. The maximum atomic E-state index is 12.7. The van der Waals surface area contributed by atoms with Gasteiger partial charge in [-0.1, -0.05) is 19.0 Å². The Kier molecular flexibility index (Phi) is 4.83. The molecule has 0 atom stereocenters. The number of hydrogen-bond donors (Lipinski definition) is 2. The zero-order chi connectivity index (χ0) is 20.6. The third kappa shape index (κ3) is 4.00. The Morgan fingerprint density at radius 3 is 2.55 bits per heavy atom. The van der Waals surface area contributed by atoms with Gasteiger partial charge < -0.3 is 9.84 Å². The molecule has 1 aliphatic heterocycles. The summed E-state index contributed by atoms with van der Waals surface area (Å²) >= 11 is 0. The average Bonchev–Trinajstić information content (AvgIpc) is 3.18. The highest BCUT2D eigenvalue weighted by Gasteiger charge is 2.20. The van der Waals surface area contributed by atoms with Crippen molar-refractivity contribution in [3.05, 3.63) is 53.9 Å². The van der Waals surface area contributed by atoms with Crippen LogP contribution in [-0.2, 0) is 21.2 Å². The van der Waals surface area contributed by atoms with E-state index < -0.39 is 10.0 Å². The highest BCUT2D eigenvalue weighted by atomic mass is 32.2. The minimum absolute atomic E-state index is 0.0620. The fraction of sp³-hybridized carbons (Fsp3) is 0.250.